The Bertz CT molecular complexity index is 344. The summed E-state index contributed by atoms with van der Waals surface area (Å²) in [4.78, 5) is 9.53. The van der Waals surface area contributed by atoms with Crippen LogP contribution in [0.2, 0.25) is 0 Å². The fourth-order valence-corrected chi connectivity index (χ4v) is 1.74. The molecule has 0 aromatic carbocycles. The average Bonchev–Trinajstić information content (AvgIpc) is 2.41. The number of methoxy groups -OCH3 is 1. The minimum Gasteiger partial charge on any atom is -0.480 e. The predicted octanol–water partition coefficient (Wildman–Crippen LogP) is 1.84. The molecule has 0 aliphatic rings. The summed E-state index contributed by atoms with van der Waals surface area (Å²) in [5, 5.41) is 0.547. The summed E-state index contributed by atoms with van der Waals surface area (Å²) in [6.45, 7) is 5.94. The van der Waals surface area contributed by atoms with Crippen molar-refractivity contribution in [1.82, 2.24) is 4.98 Å². The van der Waals surface area contributed by atoms with Crippen LogP contribution in [0.25, 0.3) is 0 Å². The van der Waals surface area contributed by atoms with E-state index in [9.17, 15) is 0 Å². The van der Waals surface area contributed by atoms with Crippen LogP contribution < -0.4 is 5.73 Å². The first-order valence-electron chi connectivity index (χ1n) is 4.39. The van der Waals surface area contributed by atoms with Crippen molar-refractivity contribution in [2.24, 2.45) is 4.99 Å². The van der Waals surface area contributed by atoms with Gasteiger partial charge in [-0.15, -0.1) is 11.3 Å². The molecule has 0 bridgehead atoms. The molecular weight excluding hydrogens is 198 g/mol. The number of hydrogen-bond acceptors (Lipinski definition) is 5. The van der Waals surface area contributed by atoms with E-state index in [-0.39, 0.29) is 6.04 Å². The van der Waals surface area contributed by atoms with Gasteiger partial charge in [0.2, 0.25) is 5.90 Å². The van der Waals surface area contributed by atoms with E-state index in [1.165, 1.54) is 11.3 Å². The van der Waals surface area contributed by atoms with Gasteiger partial charge in [-0.1, -0.05) is 0 Å². The number of hydrogen-bond donors (Lipinski definition) is 1. The Morgan fingerprint density at radius 2 is 2.21 bits per heavy atom. The fourth-order valence-electron chi connectivity index (χ4n) is 1.06. The molecule has 14 heavy (non-hydrogen) atoms. The van der Waals surface area contributed by atoms with Crippen LogP contribution in [0.1, 0.15) is 24.4 Å². The lowest BCUT2D eigenvalue weighted by Gasteiger charge is -2.04. The lowest BCUT2D eigenvalue weighted by atomic mass is 10.3. The van der Waals surface area contributed by atoms with Gasteiger partial charge < -0.3 is 10.5 Å². The molecule has 1 aromatic rings. The van der Waals surface area contributed by atoms with Gasteiger partial charge in [-0.2, -0.15) is 0 Å². The second-order valence-corrected chi connectivity index (χ2v) is 4.42. The van der Waals surface area contributed by atoms with E-state index in [0.29, 0.717) is 11.0 Å². The number of aliphatic imine (C=N–C) groups is 1. The fraction of sp³-hybridized carbons (Fsp3) is 0.556. The monoisotopic (exact) mass is 213 g/mol. The third-order valence-electron chi connectivity index (χ3n) is 1.58. The molecule has 0 atom stereocenters. The lowest BCUT2D eigenvalue weighted by molar-refractivity contribution is 0.399. The number of rotatable bonds is 2. The summed E-state index contributed by atoms with van der Waals surface area (Å²) >= 11 is 1.45. The summed E-state index contributed by atoms with van der Waals surface area (Å²) in [7, 11) is 1.59. The largest absolute Gasteiger partial charge is 0.480 e. The summed E-state index contributed by atoms with van der Waals surface area (Å²) in [6, 6.07) is 0.187. The Balaban J connectivity index is 3.06. The van der Waals surface area contributed by atoms with Crippen LogP contribution >= 0.6 is 11.3 Å². The van der Waals surface area contributed by atoms with Gasteiger partial charge in [0.05, 0.1) is 7.11 Å². The SMILES string of the molecule is COC(=NC(C)C)c1nc(N)sc1C. The predicted molar refractivity (Wildman–Crippen MR) is 59.9 cm³/mol. The molecule has 0 fully saturated rings. The summed E-state index contributed by atoms with van der Waals surface area (Å²) in [6.07, 6.45) is 0. The molecule has 0 radical (unpaired) electrons. The van der Waals surface area contributed by atoms with Crippen molar-refractivity contribution in [2.75, 3.05) is 12.8 Å². The van der Waals surface area contributed by atoms with Crippen molar-refractivity contribution in [1.29, 1.82) is 0 Å². The zero-order valence-corrected chi connectivity index (χ0v) is 9.68. The molecule has 0 saturated heterocycles. The maximum atomic E-state index is 5.60. The van der Waals surface area contributed by atoms with E-state index in [1.54, 1.807) is 7.11 Å². The number of thiazole rings is 1. The second kappa shape index (κ2) is 4.41. The van der Waals surface area contributed by atoms with Crippen molar-refractivity contribution < 1.29 is 4.74 Å². The molecule has 2 N–H and O–H groups in total. The van der Waals surface area contributed by atoms with Gasteiger partial charge in [-0.3, -0.25) is 0 Å². The molecule has 78 valence electrons. The number of anilines is 1. The van der Waals surface area contributed by atoms with Crippen LogP contribution in [0.5, 0.6) is 0 Å². The molecule has 1 aromatic heterocycles. The first kappa shape index (κ1) is 11.0. The zero-order chi connectivity index (χ0) is 10.7. The van der Waals surface area contributed by atoms with Gasteiger partial charge in [0.1, 0.15) is 5.69 Å². The molecule has 0 spiro atoms. The number of nitrogens with two attached hydrogens (primary N) is 1. The number of aryl methyl sites for hydroxylation is 1. The van der Waals surface area contributed by atoms with Gasteiger partial charge in [-0.05, 0) is 20.8 Å². The number of aromatic nitrogens is 1. The minimum absolute atomic E-state index is 0.187. The van der Waals surface area contributed by atoms with Crippen LogP contribution in [0.15, 0.2) is 4.99 Å². The Kier molecular flexibility index (Phi) is 3.46. The summed E-state index contributed by atoms with van der Waals surface area (Å²) < 4.78 is 5.18. The number of ether oxygens (including phenoxy) is 1. The maximum Gasteiger partial charge on any atom is 0.236 e. The molecule has 1 rings (SSSR count). The van der Waals surface area contributed by atoms with Crippen molar-refractivity contribution in [3.63, 3.8) is 0 Å². The van der Waals surface area contributed by atoms with Crippen molar-refractivity contribution in [3.8, 4) is 0 Å². The maximum absolute atomic E-state index is 5.60. The standard InChI is InChI=1S/C9H15N3OS/c1-5(2)11-8(13-4)7-6(3)14-9(10)12-7/h5H,1-4H3,(H2,10,12). The Morgan fingerprint density at radius 1 is 1.57 bits per heavy atom. The highest BCUT2D eigenvalue weighted by atomic mass is 32.1. The van der Waals surface area contributed by atoms with Gasteiger partial charge in [0.25, 0.3) is 0 Å². The average molecular weight is 213 g/mol. The molecule has 1 heterocycles. The molecule has 0 unspecified atom stereocenters. The van der Waals surface area contributed by atoms with E-state index in [2.05, 4.69) is 9.98 Å². The first-order chi connectivity index (χ1) is 6.54. The molecule has 0 saturated carbocycles. The Morgan fingerprint density at radius 3 is 2.57 bits per heavy atom. The molecule has 0 amide bonds. The molecular formula is C9H15N3OS. The molecule has 5 heteroatoms. The van der Waals surface area contributed by atoms with Crippen molar-refractivity contribution >= 4 is 22.4 Å². The zero-order valence-electron chi connectivity index (χ0n) is 8.87. The number of nitrogens with zero attached hydrogens (tertiary/aromatic N) is 2. The van der Waals surface area contributed by atoms with Crippen molar-refractivity contribution in [3.05, 3.63) is 10.6 Å². The first-order valence-corrected chi connectivity index (χ1v) is 5.21. The van der Waals surface area contributed by atoms with E-state index >= 15 is 0 Å². The Hall–Kier alpha value is -1.10. The topological polar surface area (TPSA) is 60.5 Å². The highest BCUT2D eigenvalue weighted by Crippen LogP contribution is 2.20. The van der Waals surface area contributed by atoms with Crippen molar-refractivity contribution in [2.45, 2.75) is 26.8 Å². The molecule has 0 aliphatic heterocycles. The van der Waals surface area contributed by atoms with Crippen LogP contribution in [0, 0.1) is 6.92 Å². The smallest absolute Gasteiger partial charge is 0.236 e. The summed E-state index contributed by atoms with van der Waals surface area (Å²) in [5.41, 5.74) is 6.35. The van der Waals surface area contributed by atoms with Crippen LogP contribution in [-0.2, 0) is 4.74 Å². The number of nitrogen functional groups attached to an aromatic ring is 1. The summed E-state index contributed by atoms with van der Waals surface area (Å²) in [5.74, 6) is 0.561. The van der Waals surface area contributed by atoms with Crippen LogP contribution in [0.3, 0.4) is 0 Å². The highest BCUT2D eigenvalue weighted by molar-refractivity contribution is 7.15. The van der Waals surface area contributed by atoms with E-state index in [4.69, 9.17) is 10.5 Å². The third-order valence-corrected chi connectivity index (χ3v) is 2.38. The van der Waals surface area contributed by atoms with E-state index < -0.39 is 0 Å². The quantitative estimate of drug-likeness (QED) is 0.602. The van der Waals surface area contributed by atoms with E-state index in [1.807, 2.05) is 20.8 Å². The normalized spacial score (nSPS) is 12.2. The van der Waals surface area contributed by atoms with Gasteiger partial charge >= 0.3 is 0 Å². The van der Waals surface area contributed by atoms with E-state index in [0.717, 1.165) is 10.6 Å². The van der Waals surface area contributed by atoms with Crippen LogP contribution in [-0.4, -0.2) is 24.0 Å². The van der Waals surface area contributed by atoms with Gasteiger partial charge in [-0.25, -0.2) is 9.98 Å². The Labute approximate surface area is 87.8 Å². The highest BCUT2D eigenvalue weighted by Gasteiger charge is 2.13. The van der Waals surface area contributed by atoms with Gasteiger partial charge in [0.15, 0.2) is 5.13 Å². The molecule has 0 aliphatic carbocycles. The van der Waals surface area contributed by atoms with Gasteiger partial charge in [0, 0.05) is 10.9 Å². The lowest BCUT2D eigenvalue weighted by Crippen LogP contribution is -2.09. The minimum atomic E-state index is 0.187. The second-order valence-electron chi connectivity index (χ2n) is 3.19. The third kappa shape index (κ3) is 2.45. The molecule has 4 nitrogen and oxygen atoms in total. The van der Waals surface area contributed by atoms with Crippen LogP contribution in [0.4, 0.5) is 5.13 Å².